The molecule has 2 aliphatic carbocycles. The van der Waals surface area contributed by atoms with E-state index in [4.69, 9.17) is 4.74 Å². The first-order valence-corrected chi connectivity index (χ1v) is 10.6. The summed E-state index contributed by atoms with van der Waals surface area (Å²) < 4.78 is 5.11. The van der Waals surface area contributed by atoms with Crippen LogP contribution in [0.3, 0.4) is 0 Å². The number of aromatic nitrogens is 1. The Bertz CT molecular complexity index is 1040. The first-order valence-electron chi connectivity index (χ1n) is 10.6. The Morgan fingerprint density at radius 3 is 2.81 bits per heavy atom. The third-order valence-electron chi connectivity index (χ3n) is 6.23. The van der Waals surface area contributed by atoms with Crippen LogP contribution < -0.4 is 0 Å². The molecule has 6 nitrogen and oxygen atoms in total. The molecule has 158 valence electrons. The third kappa shape index (κ3) is 4.01. The topological polar surface area (TPSA) is 83.3 Å². The van der Waals surface area contributed by atoms with Gasteiger partial charge < -0.3 is 4.74 Å². The molecule has 0 aromatic carbocycles. The standard InChI is InChI=1S/C25H25N3O3/c1-2-31-24(30)21-15-18(19-7-3-4-8-20(19)23(21)29)16-28-13-10-25(17-26,11-14-28)22-9-5-6-12-27-22/h3-9,12,15,20H,2,10-11,13-14,16H2,1H3. The highest BCUT2D eigenvalue weighted by Gasteiger charge is 2.39. The monoisotopic (exact) mass is 415 g/mol. The molecule has 0 bridgehead atoms. The van der Waals surface area contributed by atoms with Gasteiger partial charge >= 0.3 is 5.97 Å². The molecule has 1 fully saturated rings. The summed E-state index contributed by atoms with van der Waals surface area (Å²) in [6.07, 6.45) is 12.4. The number of hydrogen-bond acceptors (Lipinski definition) is 6. The summed E-state index contributed by atoms with van der Waals surface area (Å²) in [6, 6.07) is 8.21. The Balaban J connectivity index is 1.55. The highest BCUT2D eigenvalue weighted by molar-refractivity contribution is 6.20. The van der Waals surface area contributed by atoms with Gasteiger partial charge in [-0.05, 0) is 49.1 Å². The van der Waals surface area contributed by atoms with Gasteiger partial charge in [0.05, 0.1) is 24.3 Å². The number of allylic oxidation sites excluding steroid dienone is 5. The highest BCUT2D eigenvalue weighted by atomic mass is 16.5. The molecule has 1 aliphatic heterocycles. The second-order valence-electron chi connectivity index (χ2n) is 8.03. The normalized spacial score (nSPS) is 22.5. The molecule has 31 heavy (non-hydrogen) atoms. The number of piperidine rings is 1. The fourth-order valence-electron chi connectivity index (χ4n) is 4.48. The lowest BCUT2D eigenvalue weighted by molar-refractivity contribution is -0.140. The van der Waals surface area contributed by atoms with Crippen molar-refractivity contribution in [2.24, 2.45) is 5.92 Å². The van der Waals surface area contributed by atoms with Crippen LogP contribution in [0.5, 0.6) is 0 Å². The molecule has 0 N–H and O–H groups in total. The number of ether oxygens (including phenoxy) is 1. The first kappa shape index (κ1) is 21.0. The van der Waals surface area contributed by atoms with Crippen LogP contribution in [0.25, 0.3) is 0 Å². The van der Waals surface area contributed by atoms with Gasteiger partial charge in [0.15, 0.2) is 5.78 Å². The SMILES string of the molecule is CCOC(=O)C1=CC(CN2CCC(C#N)(c3ccccn3)CC2)=C2C=CC=CC2C1=O. The maximum absolute atomic E-state index is 12.8. The highest BCUT2D eigenvalue weighted by Crippen LogP contribution is 2.36. The van der Waals surface area contributed by atoms with Crippen molar-refractivity contribution in [3.05, 3.63) is 77.2 Å². The summed E-state index contributed by atoms with van der Waals surface area (Å²) in [4.78, 5) is 31.9. The fraction of sp³-hybridized carbons (Fsp3) is 0.360. The molecule has 4 rings (SSSR count). The Morgan fingerprint density at radius 1 is 1.32 bits per heavy atom. The Hall–Kier alpha value is -3.30. The van der Waals surface area contributed by atoms with E-state index in [1.165, 1.54) is 0 Å². The van der Waals surface area contributed by atoms with Crippen molar-refractivity contribution < 1.29 is 14.3 Å². The van der Waals surface area contributed by atoms with Gasteiger partial charge in [-0.15, -0.1) is 0 Å². The van der Waals surface area contributed by atoms with Gasteiger partial charge in [-0.1, -0.05) is 30.4 Å². The van der Waals surface area contributed by atoms with Crippen LogP contribution in [0.15, 0.2) is 71.5 Å². The number of likely N-dealkylation sites (tertiary alicyclic amines) is 1. The van der Waals surface area contributed by atoms with Gasteiger partial charge in [0.2, 0.25) is 0 Å². The van der Waals surface area contributed by atoms with Crippen molar-refractivity contribution in [1.82, 2.24) is 9.88 Å². The molecule has 1 aromatic heterocycles. The number of nitrogens with zero attached hydrogens (tertiary/aromatic N) is 3. The molecule has 1 aromatic rings. The molecular formula is C25H25N3O3. The van der Waals surface area contributed by atoms with E-state index in [9.17, 15) is 14.9 Å². The minimum absolute atomic E-state index is 0.113. The quantitative estimate of drug-likeness (QED) is 0.543. The zero-order valence-electron chi connectivity index (χ0n) is 17.6. The van der Waals surface area contributed by atoms with Crippen molar-refractivity contribution in [3.63, 3.8) is 0 Å². The van der Waals surface area contributed by atoms with Crippen molar-refractivity contribution in [3.8, 4) is 6.07 Å². The predicted octanol–water partition coefficient (Wildman–Crippen LogP) is 3.05. The number of carbonyl (C=O) groups excluding carboxylic acids is 2. The lowest BCUT2D eigenvalue weighted by atomic mass is 9.76. The fourth-order valence-corrected chi connectivity index (χ4v) is 4.48. The zero-order valence-corrected chi connectivity index (χ0v) is 17.6. The van der Waals surface area contributed by atoms with Crippen molar-refractivity contribution in [2.75, 3.05) is 26.2 Å². The van der Waals surface area contributed by atoms with Crippen LogP contribution in [0.4, 0.5) is 0 Å². The molecular weight excluding hydrogens is 390 g/mol. The average Bonchev–Trinajstić information content (AvgIpc) is 2.82. The van der Waals surface area contributed by atoms with Crippen molar-refractivity contribution in [2.45, 2.75) is 25.2 Å². The van der Waals surface area contributed by atoms with E-state index in [-0.39, 0.29) is 18.0 Å². The maximum atomic E-state index is 12.8. The molecule has 0 amide bonds. The number of Topliss-reactive ketones (excluding diaryl/α,β-unsaturated/α-hetero) is 1. The van der Waals surface area contributed by atoms with Gasteiger partial charge in [-0.2, -0.15) is 5.26 Å². The number of rotatable bonds is 5. The molecule has 2 heterocycles. The smallest absolute Gasteiger partial charge is 0.341 e. The van der Waals surface area contributed by atoms with Gasteiger partial charge in [-0.3, -0.25) is 14.7 Å². The van der Waals surface area contributed by atoms with Crippen molar-refractivity contribution >= 4 is 11.8 Å². The van der Waals surface area contributed by atoms with Crippen molar-refractivity contribution in [1.29, 1.82) is 5.26 Å². The number of nitriles is 1. The minimum Gasteiger partial charge on any atom is -0.462 e. The predicted molar refractivity (Wildman–Crippen MR) is 116 cm³/mol. The Labute approximate surface area is 182 Å². The summed E-state index contributed by atoms with van der Waals surface area (Å²) in [5, 5.41) is 9.90. The molecule has 1 atom stereocenters. The summed E-state index contributed by atoms with van der Waals surface area (Å²) in [7, 11) is 0. The van der Waals surface area contributed by atoms with E-state index < -0.39 is 17.3 Å². The van der Waals surface area contributed by atoms with E-state index in [2.05, 4.69) is 16.0 Å². The van der Waals surface area contributed by atoms with Crippen LogP contribution in [0, 0.1) is 17.2 Å². The third-order valence-corrected chi connectivity index (χ3v) is 6.23. The number of esters is 1. The summed E-state index contributed by atoms with van der Waals surface area (Å²) in [5.74, 6) is -1.22. The zero-order chi connectivity index (χ0) is 21.8. The second-order valence-corrected chi connectivity index (χ2v) is 8.03. The van der Waals surface area contributed by atoms with E-state index in [0.717, 1.165) is 29.9 Å². The minimum atomic E-state index is -0.569. The van der Waals surface area contributed by atoms with Crippen LogP contribution in [0.1, 0.15) is 25.5 Å². The first-order chi connectivity index (χ1) is 15.1. The average molecular weight is 415 g/mol. The second kappa shape index (κ2) is 8.83. The van der Waals surface area contributed by atoms with Crippen LogP contribution in [0.2, 0.25) is 0 Å². The van der Waals surface area contributed by atoms with E-state index >= 15 is 0 Å². The molecule has 1 saturated heterocycles. The van der Waals surface area contributed by atoms with Crippen LogP contribution in [-0.2, 0) is 19.7 Å². The van der Waals surface area contributed by atoms with Gasteiger partial charge in [0.1, 0.15) is 11.0 Å². The largest absolute Gasteiger partial charge is 0.462 e. The lowest BCUT2D eigenvalue weighted by Crippen LogP contribution is -2.43. The summed E-state index contributed by atoms with van der Waals surface area (Å²) >= 11 is 0. The van der Waals surface area contributed by atoms with E-state index in [1.807, 2.05) is 42.5 Å². The number of pyridine rings is 1. The van der Waals surface area contributed by atoms with Crippen LogP contribution in [-0.4, -0.2) is 47.9 Å². The number of hydrogen-bond donors (Lipinski definition) is 0. The Morgan fingerprint density at radius 2 is 2.13 bits per heavy atom. The number of ketones is 1. The molecule has 0 radical (unpaired) electrons. The lowest BCUT2D eigenvalue weighted by Gasteiger charge is -2.38. The molecule has 3 aliphatic rings. The molecule has 1 unspecified atom stereocenters. The van der Waals surface area contributed by atoms with Gasteiger partial charge in [0, 0.05) is 25.8 Å². The number of fused-ring (bicyclic) bond motifs is 1. The summed E-state index contributed by atoms with van der Waals surface area (Å²) in [5.41, 5.74) is 2.26. The molecule has 0 saturated carbocycles. The van der Waals surface area contributed by atoms with Gasteiger partial charge in [-0.25, -0.2) is 4.79 Å². The maximum Gasteiger partial charge on any atom is 0.341 e. The number of carbonyl (C=O) groups is 2. The van der Waals surface area contributed by atoms with Crippen LogP contribution >= 0.6 is 0 Å². The summed E-state index contributed by atoms with van der Waals surface area (Å²) in [6.45, 7) is 4.05. The van der Waals surface area contributed by atoms with Gasteiger partial charge in [0.25, 0.3) is 0 Å². The molecule has 6 heteroatoms. The molecule has 0 spiro atoms. The van der Waals surface area contributed by atoms with E-state index in [1.54, 1.807) is 19.2 Å². The Kier molecular flexibility index (Phi) is 5.97. The van der Waals surface area contributed by atoms with E-state index in [0.29, 0.717) is 19.4 Å².